The molecule has 6 nitrogen and oxygen atoms in total. The normalized spacial score (nSPS) is 14.0. The van der Waals surface area contributed by atoms with Crippen LogP contribution in [-0.4, -0.2) is 37.7 Å². The van der Waals surface area contributed by atoms with Gasteiger partial charge in [-0.15, -0.1) is 0 Å². The molecule has 1 aromatic heterocycles. The van der Waals surface area contributed by atoms with Gasteiger partial charge in [-0.1, -0.05) is 0 Å². The first kappa shape index (κ1) is 19.8. The van der Waals surface area contributed by atoms with E-state index in [2.05, 4.69) is 4.98 Å². The standard InChI is InChI=1S/C24H23NO5/c1-24(2)10-8-15-19(30-24)7-6-16(23(15)29-5)22(26)14-9-11-25-18-13-21(28-4)20(27-3)12-17(14)18/h6-13H,1-5H3. The van der Waals surface area contributed by atoms with Gasteiger partial charge in [0.1, 0.15) is 17.1 Å². The van der Waals surface area contributed by atoms with E-state index in [1.165, 1.54) is 0 Å². The van der Waals surface area contributed by atoms with Gasteiger partial charge >= 0.3 is 0 Å². The van der Waals surface area contributed by atoms with Gasteiger partial charge < -0.3 is 18.9 Å². The van der Waals surface area contributed by atoms with E-state index >= 15 is 0 Å². The van der Waals surface area contributed by atoms with Crippen molar-refractivity contribution < 1.29 is 23.7 Å². The summed E-state index contributed by atoms with van der Waals surface area (Å²) >= 11 is 0. The minimum atomic E-state index is -0.416. The second-order valence-corrected chi connectivity index (χ2v) is 7.51. The number of aromatic nitrogens is 1. The van der Waals surface area contributed by atoms with Crippen LogP contribution in [0.25, 0.3) is 17.0 Å². The summed E-state index contributed by atoms with van der Waals surface area (Å²) in [7, 11) is 4.67. The molecule has 154 valence electrons. The van der Waals surface area contributed by atoms with Crippen molar-refractivity contribution in [3.05, 3.63) is 59.3 Å². The summed E-state index contributed by atoms with van der Waals surface area (Å²) in [6.07, 6.45) is 5.50. The average Bonchev–Trinajstić information content (AvgIpc) is 2.75. The number of hydrogen-bond acceptors (Lipinski definition) is 6. The Hall–Kier alpha value is -3.54. The maximum Gasteiger partial charge on any atom is 0.197 e. The molecule has 0 aliphatic carbocycles. The van der Waals surface area contributed by atoms with Gasteiger partial charge in [-0.2, -0.15) is 0 Å². The van der Waals surface area contributed by atoms with E-state index in [1.54, 1.807) is 51.8 Å². The van der Waals surface area contributed by atoms with Gasteiger partial charge in [-0.3, -0.25) is 9.78 Å². The fourth-order valence-electron chi connectivity index (χ4n) is 3.64. The molecule has 6 heteroatoms. The van der Waals surface area contributed by atoms with Crippen LogP contribution >= 0.6 is 0 Å². The number of benzene rings is 2. The van der Waals surface area contributed by atoms with Crippen LogP contribution in [0.4, 0.5) is 0 Å². The van der Waals surface area contributed by atoms with Crippen molar-refractivity contribution in [3.63, 3.8) is 0 Å². The fraction of sp³-hybridized carbons (Fsp3) is 0.250. The Morgan fingerprint density at radius 1 is 0.967 bits per heavy atom. The van der Waals surface area contributed by atoms with E-state index in [0.717, 1.165) is 5.56 Å². The first-order valence-corrected chi connectivity index (χ1v) is 9.53. The molecular formula is C24H23NO5. The maximum absolute atomic E-state index is 13.6. The van der Waals surface area contributed by atoms with Crippen molar-refractivity contribution in [3.8, 4) is 23.0 Å². The Morgan fingerprint density at radius 2 is 1.70 bits per heavy atom. The molecule has 2 aromatic carbocycles. The molecule has 30 heavy (non-hydrogen) atoms. The average molecular weight is 405 g/mol. The zero-order chi connectivity index (χ0) is 21.5. The van der Waals surface area contributed by atoms with Crippen LogP contribution < -0.4 is 18.9 Å². The highest BCUT2D eigenvalue weighted by Crippen LogP contribution is 2.40. The van der Waals surface area contributed by atoms with Crippen molar-refractivity contribution in [2.24, 2.45) is 0 Å². The highest BCUT2D eigenvalue weighted by molar-refractivity contribution is 6.18. The van der Waals surface area contributed by atoms with E-state index in [1.807, 2.05) is 32.1 Å². The molecule has 4 rings (SSSR count). The second-order valence-electron chi connectivity index (χ2n) is 7.51. The zero-order valence-electron chi connectivity index (χ0n) is 17.6. The Morgan fingerprint density at radius 3 is 2.40 bits per heavy atom. The van der Waals surface area contributed by atoms with Crippen LogP contribution in [0, 0.1) is 0 Å². The third-order valence-corrected chi connectivity index (χ3v) is 5.12. The number of fused-ring (bicyclic) bond motifs is 2. The van der Waals surface area contributed by atoms with Gasteiger partial charge in [-0.05, 0) is 50.3 Å². The van der Waals surface area contributed by atoms with E-state index < -0.39 is 5.60 Å². The fourth-order valence-corrected chi connectivity index (χ4v) is 3.64. The molecule has 0 amide bonds. The van der Waals surface area contributed by atoms with E-state index in [9.17, 15) is 4.79 Å². The lowest BCUT2D eigenvalue weighted by atomic mass is 9.94. The second kappa shape index (κ2) is 7.37. The van der Waals surface area contributed by atoms with E-state index in [0.29, 0.717) is 45.0 Å². The molecule has 0 spiro atoms. The Balaban J connectivity index is 1.87. The zero-order valence-corrected chi connectivity index (χ0v) is 17.6. The molecule has 0 N–H and O–H groups in total. The van der Waals surface area contributed by atoms with Crippen LogP contribution in [0.2, 0.25) is 0 Å². The summed E-state index contributed by atoms with van der Waals surface area (Å²) in [6, 6.07) is 8.77. The van der Waals surface area contributed by atoms with Crippen molar-refractivity contribution in [2.75, 3.05) is 21.3 Å². The predicted molar refractivity (Wildman–Crippen MR) is 115 cm³/mol. The maximum atomic E-state index is 13.6. The highest BCUT2D eigenvalue weighted by atomic mass is 16.5. The number of hydrogen-bond donors (Lipinski definition) is 0. The number of carbonyl (C=O) groups excluding carboxylic acids is 1. The summed E-state index contributed by atoms with van der Waals surface area (Å²) in [5.74, 6) is 2.07. The number of ketones is 1. The largest absolute Gasteiger partial charge is 0.495 e. The lowest BCUT2D eigenvalue weighted by Crippen LogP contribution is -2.27. The van der Waals surface area contributed by atoms with Crippen LogP contribution in [0.5, 0.6) is 23.0 Å². The van der Waals surface area contributed by atoms with Crippen LogP contribution in [0.15, 0.2) is 42.6 Å². The molecule has 1 aliphatic heterocycles. The SMILES string of the molecule is COc1cc2nccc(C(=O)c3ccc4c(c3OC)C=CC(C)(C)O4)c2cc1OC. The molecule has 0 saturated carbocycles. The number of nitrogens with zero attached hydrogens (tertiary/aromatic N) is 1. The van der Waals surface area contributed by atoms with E-state index in [4.69, 9.17) is 18.9 Å². The number of methoxy groups -OCH3 is 3. The Kier molecular flexibility index (Phi) is 4.86. The van der Waals surface area contributed by atoms with Gasteiger partial charge in [0, 0.05) is 23.2 Å². The predicted octanol–water partition coefficient (Wildman–Crippen LogP) is 4.68. The smallest absolute Gasteiger partial charge is 0.197 e. The summed E-state index contributed by atoms with van der Waals surface area (Å²) in [5.41, 5.74) is 1.92. The van der Waals surface area contributed by atoms with Crippen LogP contribution in [-0.2, 0) is 0 Å². The first-order chi connectivity index (χ1) is 14.4. The van der Waals surface area contributed by atoms with Gasteiger partial charge in [0.25, 0.3) is 0 Å². The first-order valence-electron chi connectivity index (χ1n) is 9.53. The lowest BCUT2D eigenvalue weighted by Gasteiger charge is -2.29. The summed E-state index contributed by atoms with van der Waals surface area (Å²) < 4.78 is 22.4. The monoisotopic (exact) mass is 405 g/mol. The summed E-state index contributed by atoms with van der Waals surface area (Å²) in [6.45, 7) is 3.95. The number of rotatable bonds is 5. The lowest BCUT2D eigenvalue weighted by molar-refractivity contribution is 0.103. The number of carbonyl (C=O) groups is 1. The minimum absolute atomic E-state index is 0.174. The van der Waals surface area contributed by atoms with Crippen molar-refractivity contribution in [1.29, 1.82) is 0 Å². The molecule has 0 bridgehead atoms. The van der Waals surface area contributed by atoms with Gasteiger partial charge in [0.2, 0.25) is 0 Å². The minimum Gasteiger partial charge on any atom is -0.495 e. The molecule has 2 heterocycles. The third kappa shape index (κ3) is 3.24. The number of ether oxygens (including phenoxy) is 4. The quantitative estimate of drug-likeness (QED) is 0.575. The van der Waals surface area contributed by atoms with Gasteiger partial charge in [0.15, 0.2) is 17.3 Å². The molecule has 1 aliphatic rings. The third-order valence-electron chi connectivity index (χ3n) is 5.12. The summed E-state index contributed by atoms with van der Waals surface area (Å²) in [4.78, 5) is 17.9. The van der Waals surface area contributed by atoms with Crippen molar-refractivity contribution in [2.45, 2.75) is 19.4 Å². The van der Waals surface area contributed by atoms with Crippen LogP contribution in [0.1, 0.15) is 35.3 Å². The van der Waals surface area contributed by atoms with Gasteiger partial charge in [-0.25, -0.2) is 0 Å². The highest BCUT2D eigenvalue weighted by Gasteiger charge is 2.27. The van der Waals surface area contributed by atoms with Gasteiger partial charge in [0.05, 0.1) is 38.0 Å². The van der Waals surface area contributed by atoms with Crippen molar-refractivity contribution in [1.82, 2.24) is 4.98 Å². The molecule has 0 fully saturated rings. The van der Waals surface area contributed by atoms with Crippen molar-refractivity contribution >= 4 is 22.8 Å². The van der Waals surface area contributed by atoms with E-state index in [-0.39, 0.29) is 5.78 Å². The molecule has 0 saturated heterocycles. The Labute approximate surface area is 175 Å². The summed E-state index contributed by atoms with van der Waals surface area (Å²) in [5, 5.41) is 0.674. The molecular weight excluding hydrogens is 382 g/mol. The molecule has 0 radical (unpaired) electrons. The molecule has 0 atom stereocenters. The van der Waals surface area contributed by atoms with Crippen LogP contribution in [0.3, 0.4) is 0 Å². The molecule has 0 unspecified atom stereocenters. The Bertz CT molecular complexity index is 1180. The number of pyridine rings is 1. The topological polar surface area (TPSA) is 66.9 Å². The molecule has 3 aromatic rings.